The Morgan fingerprint density at radius 3 is 2.40 bits per heavy atom. The molecule has 0 amide bonds. The molecule has 0 bridgehead atoms. The van der Waals surface area contributed by atoms with Crippen LogP contribution >= 0.6 is 0 Å². The summed E-state index contributed by atoms with van der Waals surface area (Å²) in [4.78, 5) is 12.1. The Morgan fingerprint density at radius 1 is 1.00 bits per heavy atom. The average molecular weight is 268 g/mol. The second kappa shape index (κ2) is 4.42. The third-order valence-electron chi connectivity index (χ3n) is 3.17. The van der Waals surface area contributed by atoms with Gasteiger partial charge in [-0.3, -0.25) is 4.79 Å². The van der Waals surface area contributed by atoms with Gasteiger partial charge < -0.3 is 14.6 Å². The molecule has 0 aliphatic rings. The van der Waals surface area contributed by atoms with Crippen molar-refractivity contribution in [2.45, 2.75) is 6.92 Å². The molecule has 1 aromatic heterocycles. The van der Waals surface area contributed by atoms with Crippen LogP contribution in [0.5, 0.6) is 11.5 Å². The van der Waals surface area contributed by atoms with Gasteiger partial charge in [-0.25, -0.2) is 0 Å². The summed E-state index contributed by atoms with van der Waals surface area (Å²) in [5.74, 6) is -0.318. The third kappa shape index (κ3) is 1.91. The van der Waals surface area contributed by atoms with E-state index >= 15 is 0 Å². The number of hydrogen-bond acceptors (Lipinski definition) is 4. The van der Waals surface area contributed by atoms with E-state index in [1.807, 2.05) is 19.1 Å². The van der Waals surface area contributed by atoms with Gasteiger partial charge in [-0.2, -0.15) is 0 Å². The van der Waals surface area contributed by atoms with Gasteiger partial charge in [0.1, 0.15) is 11.3 Å². The number of phenols is 1. The zero-order valence-corrected chi connectivity index (χ0v) is 10.8. The van der Waals surface area contributed by atoms with Crippen LogP contribution in [0, 0.1) is 6.92 Å². The number of aromatic hydroxyl groups is 2. The van der Waals surface area contributed by atoms with Crippen molar-refractivity contribution < 1.29 is 14.6 Å². The summed E-state index contributed by atoms with van der Waals surface area (Å²) in [7, 11) is 0. The van der Waals surface area contributed by atoms with Crippen molar-refractivity contribution in [3.8, 4) is 22.8 Å². The van der Waals surface area contributed by atoms with Gasteiger partial charge in [0.25, 0.3) is 0 Å². The molecular weight excluding hydrogens is 256 g/mol. The maximum absolute atomic E-state index is 12.1. The molecule has 0 fully saturated rings. The zero-order valence-electron chi connectivity index (χ0n) is 10.8. The van der Waals surface area contributed by atoms with Gasteiger partial charge in [0.15, 0.2) is 5.76 Å². The van der Waals surface area contributed by atoms with Crippen molar-refractivity contribution in [1.29, 1.82) is 0 Å². The summed E-state index contributed by atoms with van der Waals surface area (Å²) in [6.45, 7) is 1.94. The molecule has 0 radical (unpaired) electrons. The first kappa shape index (κ1) is 12.3. The summed E-state index contributed by atoms with van der Waals surface area (Å²) < 4.78 is 5.57. The number of rotatable bonds is 1. The van der Waals surface area contributed by atoms with Crippen LogP contribution in [0.2, 0.25) is 0 Å². The van der Waals surface area contributed by atoms with E-state index in [1.54, 1.807) is 12.1 Å². The third-order valence-corrected chi connectivity index (χ3v) is 3.17. The monoisotopic (exact) mass is 268 g/mol. The fourth-order valence-electron chi connectivity index (χ4n) is 2.07. The normalized spacial score (nSPS) is 10.8. The smallest absolute Gasteiger partial charge is 0.235 e. The Morgan fingerprint density at radius 2 is 1.70 bits per heavy atom. The minimum atomic E-state index is -0.512. The predicted octanol–water partition coefficient (Wildman–Crippen LogP) is 3.18. The van der Waals surface area contributed by atoms with Crippen molar-refractivity contribution in [1.82, 2.24) is 0 Å². The highest BCUT2D eigenvalue weighted by Crippen LogP contribution is 2.31. The van der Waals surface area contributed by atoms with Gasteiger partial charge in [-0.05, 0) is 19.1 Å². The molecule has 4 nitrogen and oxygen atoms in total. The summed E-state index contributed by atoms with van der Waals surface area (Å²) in [5, 5.41) is 19.7. The van der Waals surface area contributed by atoms with E-state index in [4.69, 9.17) is 4.42 Å². The predicted molar refractivity (Wildman–Crippen MR) is 76.0 cm³/mol. The SMILES string of the molecule is Cc1ccc(-c2oc3cc(O)ccc3c(=O)c2O)cc1. The summed E-state index contributed by atoms with van der Waals surface area (Å²) in [5.41, 5.74) is 1.40. The lowest BCUT2D eigenvalue weighted by atomic mass is 10.1. The maximum Gasteiger partial charge on any atom is 0.235 e. The summed E-state index contributed by atoms with van der Waals surface area (Å²) in [6.07, 6.45) is 0. The van der Waals surface area contributed by atoms with Crippen LogP contribution in [0.3, 0.4) is 0 Å². The molecule has 3 rings (SSSR count). The number of aryl methyl sites for hydroxylation is 1. The quantitative estimate of drug-likeness (QED) is 0.711. The van der Waals surface area contributed by atoms with Crippen LogP contribution in [0.15, 0.2) is 51.7 Å². The molecule has 4 heteroatoms. The molecule has 0 saturated heterocycles. The van der Waals surface area contributed by atoms with Crippen LogP contribution in [0.25, 0.3) is 22.3 Å². The van der Waals surface area contributed by atoms with Gasteiger partial charge in [0.05, 0.1) is 5.39 Å². The van der Waals surface area contributed by atoms with Crippen LogP contribution in [0.4, 0.5) is 0 Å². The highest BCUT2D eigenvalue weighted by molar-refractivity contribution is 5.82. The number of benzene rings is 2. The molecule has 0 aliphatic heterocycles. The van der Waals surface area contributed by atoms with Gasteiger partial charge in [0, 0.05) is 11.6 Å². The molecule has 2 N–H and O–H groups in total. The fourth-order valence-corrected chi connectivity index (χ4v) is 2.07. The Balaban J connectivity index is 2.33. The first-order valence-corrected chi connectivity index (χ1v) is 6.12. The fraction of sp³-hybridized carbons (Fsp3) is 0.0625. The first-order chi connectivity index (χ1) is 9.56. The minimum absolute atomic E-state index is 0.00111. The lowest BCUT2D eigenvalue weighted by Gasteiger charge is -2.06. The average Bonchev–Trinajstić information content (AvgIpc) is 2.44. The second-order valence-corrected chi connectivity index (χ2v) is 4.66. The van der Waals surface area contributed by atoms with E-state index in [2.05, 4.69) is 0 Å². The lowest BCUT2D eigenvalue weighted by Crippen LogP contribution is -2.02. The zero-order chi connectivity index (χ0) is 14.3. The molecule has 0 unspecified atom stereocenters. The van der Waals surface area contributed by atoms with Gasteiger partial charge >= 0.3 is 0 Å². The van der Waals surface area contributed by atoms with Crippen LogP contribution < -0.4 is 5.43 Å². The highest BCUT2D eigenvalue weighted by atomic mass is 16.4. The Kier molecular flexibility index (Phi) is 2.71. The van der Waals surface area contributed by atoms with E-state index in [-0.39, 0.29) is 22.5 Å². The number of phenolic OH excluding ortho intramolecular Hbond substituents is 1. The molecule has 20 heavy (non-hydrogen) atoms. The number of fused-ring (bicyclic) bond motifs is 1. The molecule has 2 aromatic carbocycles. The molecule has 0 atom stereocenters. The summed E-state index contributed by atoms with van der Waals surface area (Å²) >= 11 is 0. The van der Waals surface area contributed by atoms with Crippen LogP contribution in [-0.2, 0) is 0 Å². The van der Waals surface area contributed by atoms with E-state index in [0.717, 1.165) is 5.56 Å². The molecular formula is C16H12O4. The topological polar surface area (TPSA) is 70.7 Å². The van der Waals surface area contributed by atoms with Crippen molar-refractivity contribution in [2.24, 2.45) is 0 Å². The highest BCUT2D eigenvalue weighted by Gasteiger charge is 2.15. The Bertz CT molecular complexity index is 845. The van der Waals surface area contributed by atoms with Crippen molar-refractivity contribution >= 4 is 11.0 Å². The molecule has 0 aliphatic carbocycles. The van der Waals surface area contributed by atoms with Crippen molar-refractivity contribution in [2.75, 3.05) is 0 Å². The van der Waals surface area contributed by atoms with Crippen molar-refractivity contribution in [3.05, 3.63) is 58.3 Å². The van der Waals surface area contributed by atoms with E-state index < -0.39 is 11.2 Å². The second-order valence-electron chi connectivity index (χ2n) is 4.66. The number of hydrogen-bond donors (Lipinski definition) is 2. The maximum atomic E-state index is 12.1. The molecule has 100 valence electrons. The van der Waals surface area contributed by atoms with Crippen molar-refractivity contribution in [3.63, 3.8) is 0 Å². The minimum Gasteiger partial charge on any atom is -0.508 e. The summed E-state index contributed by atoms with van der Waals surface area (Å²) in [6, 6.07) is 11.4. The standard InChI is InChI=1S/C16H12O4/c1-9-2-4-10(5-3-9)16-15(19)14(18)12-7-6-11(17)8-13(12)20-16/h2-8,17,19H,1H3. The molecule has 3 aromatic rings. The van der Waals surface area contributed by atoms with Gasteiger partial charge in [-0.15, -0.1) is 0 Å². The molecule has 0 saturated carbocycles. The molecule has 0 spiro atoms. The van der Waals surface area contributed by atoms with E-state index in [9.17, 15) is 15.0 Å². The van der Waals surface area contributed by atoms with E-state index in [0.29, 0.717) is 5.56 Å². The largest absolute Gasteiger partial charge is 0.508 e. The van der Waals surface area contributed by atoms with Crippen LogP contribution in [-0.4, -0.2) is 10.2 Å². The lowest BCUT2D eigenvalue weighted by molar-refractivity contribution is 0.447. The Hall–Kier alpha value is -2.75. The van der Waals surface area contributed by atoms with Gasteiger partial charge in [-0.1, -0.05) is 29.8 Å². The Labute approximate surface area is 114 Å². The molecule has 1 heterocycles. The van der Waals surface area contributed by atoms with E-state index in [1.165, 1.54) is 18.2 Å². The van der Waals surface area contributed by atoms with Gasteiger partial charge in [0.2, 0.25) is 11.2 Å². The van der Waals surface area contributed by atoms with Crippen LogP contribution in [0.1, 0.15) is 5.56 Å². The first-order valence-electron chi connectivity index (χ1n) is 6.12.